The van der Waals surface area contributed by atoms with Gasteiger partial charge >= 0.3 is 5.97 Å². The number of aromatic nitrogens is 1. The summed E-state index contributed by atoms with van der Waals surface area (Å²) in [5.41, 5.74) is 0.486. The maximum absolute atomic E-state index is 13.2. The summed E-state index contributed by atoms with van der Waals surface area (Å²) in [5, 5.41) is 0. The van der Waals surface area contributed by atoms with Gasteiger partial charge in [-0.1, -0.05) is 19.8 Å². The number of carbonyl (C=O) groups is 2. The number of carbonyl (C=O) groups excluding carboxylic acids is 2. The molecule has 28 heavy (non-hydrogen) atoms. The second kappa shape index (κ2) is 10.3. The average molecular weight is 390 g/mol. The largest absolute Gasteiger partial charge is 0.497 e. The van der Waals surface area contributed by atoms with Crippen molar-refractivity contribution in [2.45, 2.75) is 32.7 Å². The fraction of sp³-hybridized carbons (Fsp3) is 0.450. The standard InChI is InChI=1S/C20H26N2O6/c1-5-6-7-10-22(12-18-21-16(13-28-18)20(24)27-4)19(23)15-9-8-14(25-2)11-17(15)26-3/h8-9,11,13H,5-7,10,12H2,1-4H3. The van der Waals surface area contributed by atoms with Gasteiger partial charge in [0, 0.05) is 12.6 Å². The van der Waals surface area contributed by atoms with Crippen LogP contribution in [0.2, 0.25) is 0 Å². The minimum absolute atomic E-state index is 0.0699. The molecule has 0 atom stereocenters. The van der Waals surface area contributed by atoms with E-state index in [1.807, 2.05) is 0 Å². The lowest BCUT2D eigenvalue weighted by atomic mass is 10.1. The Morgan fingerprint density at radius 3 is 2.57 bits per heavy atom. The van der Waals surface area contributed by atoms with E-state index in [1.165, 1.54) is 20.5 Å². The monoisotopic (exact) mass is 390 g/mol. The summed E-state index contributed by atoms with van der Waals surface area (Å²) in [6.07, 6.45) is 4.08. The summed E-state index contributed by atoms with van der Waals surface area (Å²) >= 11 is 0. The van der Waals surface area contributed by atoms with Gasteiger partial charge in [0.05, 0.1) is 33.4 Å². The van der Waals surface area contributed by atoms with E-state index in [0.29, 0.717) is 23.6 Å². The zero-order valence-electron chi connectivity index (χ0n) is 16.7. The van der Waals surface area contributed by atoms with E-state index in [9.17, 15) is 9.59 Å². The first-order valence-electron chi connectivity index (χ1n) is 9.08. The van der Waals surface area contributed by atoms with Crippen molar-refractivity contribution in [3.8, 4) is 11.5 Å². The molecule has 1 amide bonds. The van der Waals surface area contributed by atoms with E-state index in [-0.39, 0.29) is 24.0 Å². The van der Waals surface area contributed by atoms with Crippen molar-refractivity contribution < 1.29 is 28.2 Å². The van der Waals surface area contributed by atoms with Gasteiger partial charge in [-0.15, -0.1) is 0 Å². The smallest absolute Gasteiger partial charge is 0.360 e. The molecule has 0 saturated heterocycles. The fourth-order valence-electron chi connectivity index (χ4n) is 2.70. The Labute approximate surface area is 164 Å². The predicted octanol–water partition coefficient (Wildman–Crippen LogP) is 3.31. The minimum atomic E-state index is -0.587. The van der Waals surface area contributed by atoms with Crippen LogP contribution in [0.15, 0.2) is 28.9 Å². The van der Waals surface area contributed by atoms with Crippen LogP contribution in [0.25, 0.3) is 0 Å². The Kier molecular flexibility index (Phi) is 7.86. The molecule has 152 valence electrons. The normalized spacial score (nSPS) is 10.4. The summed E-state index contributed by atoms with van der Waals surface area (Å²) in [6, 6.07) is 5.04. The molecule has 0 aliphatic rings. The molecule has 0 aliphatic carbocycles. The molecule has 2 aromatic rings. The number of ether oxygens (including phenoxy) is 3. The van der Waals surface area contributed by atoms with Gasteiger partial charge in [-0.3, -0.25) is 4.79 Å². The lowest BCUT2D eigenvalue weighted by molar-refractivity contribution is 0.0594. The molecule has 1 aromatic heterocycles. The number of oxazole rings is 1. The minimum Gasteiger partial charge on any atom is -0.497 e. The number of rotatable bonds is 10. The summed E-state index contributed by atoms with van der Waals surface area (Å²) in [7, 11) is 4.33. The number of unbranched alkanes of at least 4 members (excludes halogenated alkanes) is 2. The Hall–Kier alpha value is -3.03. The molecule has 2 rings (SSSR count). The van der Waals surface area contributed by atoms with Gasteiger partial charge in [0.1, 0.15) is 17.8 Å². The number of esters is 1. The van der Waals surface area contributed by atoms with Gasteiger partial charge in [-0.05, 0) is 18.6 Å². The molecule has 8 nitrogen and oxygen atoms in total. The van der Waals surface area contributed by atoms with Gasteiger partial charge in [0.15, 0.2) is 5.69 Å². The first-order chi connectivity index (χ1) is 13.5. The molecule has 0 aliphatic heterocycles. The van der Waals surface area contributed by atoms with Crippen molar-refractivity contribution in [1.82, 2.24) is 9.88 Å². The molecule has 1 heterocycles. The SMILES string of the molecule is CCCCCN(Cc1nc(C(=O)OC)co1)C(=O)c1ccc(OC)cc1OC. The number of benzene rings is 1. The van der Waals surface area contributed by atoms with Crippen molar-refractivity contribution in [3.05, 3.63) is 41.6 Å². The van der Waals surface area contributed by atoms with Crippen LogP contribution in [0.1, 0.15) is 52.9 Å². The van der Waals surface area contributed by atoms with Crippen LogP contribution in [0, 0.1) is 0 Å². The lowest BCUT2D eigenvalue weighted by Gasteiger charge is -2.22. The Morgan fingerprint density at radius 1 is 1.14 bits per heavy atom. The van der Waals surface area contributed by atoms with Crippen LogP contribution >= 0.6 is 0 Å². The fourth-order valence-corrected chi connectivity index (χ4v) is 2.70. The van der Waals surface area contributed by atoms with Crippen molar-refractivity contribution in [2.75, 3.05) is 27.9 Å². The third-order valence-corrected chi connectivity index (χ3v) is 4.23. The van der Waals surface area contributed by atoms with E-state index in [4.69, 9.17) is 13.9 Å². The highest BCUT2D eigenvalue weighted by Gasteiger charge is 2.23. The van der Waals surface area contributed by atoms with Crippen LogP contribution in [-0.2, 0) is 11.3 Å². The third kappa shape index (κ3) is 5.25. The van der Waals surface area contributed by atoms with Crippen LogP contribution in [0.4, 0.5) is 0 Å². The second-order valence-electron chi connectivity index (χ2n) is 6.12. The van der Waals surface area contributed by atoms with Crippen LogP contribution < -0.4 is 9.47 Å². The Morgan fingerprint density at radius 2 is 1.93 bits per heavy atom. The molecule has 0 N–H and O–H groups in total. The van der Waals surface area contributed by atoms with E-state index in [2.05, 4.69) is 16.6 Å². The molecule has 0 spiro atoms. The molecular formula is C20H26N2O6. The topological polar surface area (TPSA) is 91.1 Å². The number of methoxy groups -OCH3 is 3. The van der Waals surface area contributed by atoms with Crippen molar-refractivity contribution in [1.29, 1.82) is 0 Å². The molecule has 1 aromatic carbocycles. The Balaban J connectivity index is 2.25. The highest BCUT2D eigenvalue weighted by atomic mass is 16.5. The predicted molar refractivity (Wildman–Crippen MR) is 102 cm³/mol. The maximum Gasteiger partial charge on any atom is 0.360 e. The van der Waals surface area contributed by atoms with Crippen LogP contribution in [0.3, 0.4) is 0 Å². The van der Waals surface area contributed by atoms with Gasteiger partial charge in [-0.25, -0.2) is 9.78 Å². The number of nitrogens with zero attached hydrogens (tertiary/aromatic N) is 2. The van der Waals surface area contributed by atoms with Gasteiger partial charge < -0.3 is 23.5 Å². The molecule has 0 bridgehead atoms. The second-order valence-corrected chi connectivity index (χ2v) is 6.12. The van der Waals surface area contributed by atoms with E-state index < -0.39 is 5.97 Å². The quantitative estimate of drug-likeness (QED) is 0.454. The average Bonchev–Trinajstić information content (AvgIpc) is 3.20. The van der Waals surface area contributed by atoms with E-state index in [1.54, 1.807) is 30.2 Å². The number of hydrogen-bond acceptors (Lipinski definition) is 7. The maximum atomic E-state index is 13.2. The van der Waals surface area contributed by atoms with Gasteiger partial charge in [-0.2, -0.15) is 0 Å². The lowest BCUT2D eigenvalue weighted by Crippen LogP contribution is -2.32. The van der Waals surface area contributed by atoms with Crippen LogP contribution in [-0.4, -0.2) is 49.6 Å². The third-order valence-electron chi connectivity index (χ3n) is 4.23. The highest BCUT2D eigenvalue weighted by Crippen LogP contribution is 2.26. The van der Waals surface area contributed by atoms with Crippen molar-refractivity contribution in [2.24, 2.45) is 0 Å². The summed E-state index contributed by atoms with van der Waals surface area (Å²) < 4.78 is 20.5. The van der Waals surface area contributed by atoms with Crippen molar-refractivity contribution in [3.63, 3.8) is 0 Å². The molecule has 0 radical (unpaired) electrons. The van der Waals surface area contributed by atoms with Crippen LogP contribution in [0.5, 0.6) is 11.5 Å². The molecule has 8 heteroatoms. The molecular weight excluding hydrogens is 364 g/mol. The van der Waals surface area contributed by atoms with E-state index >= 15 is 0 Å². The number of hydrogen-bond donors (Lipinski definition) is 0. The highest BCUT2D eigenvalue weighted by molar-refractivity contribution is 5.97. The van der Waals surface area contributed by atoms with Crippen molar-refractivity contribution >= 4 is 11.9 Å². The number of amides is 1. The Bertz CT molecular complexity index is 802. The zero-order valence-corrected chi connectivity index (χ0v) is 16.7. The molecule has 0 saturated carbocycles. The zero-order chi connectivity index (χ0) is 20.5. The first kappa shape index (κ1) is 21.3. The van der Waals surface area contributed by atoms with E-state index in [0.717, 1.165) is 19.3 Å². The van der Waals surface area contributed by atoms with Gasteiger partial charge in [0.25, 0.3) is 5.91 Å². The summed E-state index contributed by atoms with van der Waals surface area (Å²) in [5.74, 6) is 0.482. The summed E-state index contributed by atoms with van der Waals surface area (Å²) in [6.45, 7) is 2.75. The van der Waals surface area contributed by atoms with Gasteiger partial charge in [0.2, 0.25) is 5.89 Å². The molecule has 0 fully saturated rings. The first-order valence-corrected chi connectivity index (χ1v) is 9.08. The summed E-state index contributed by atoms with van der Waals surface area (Å²) in [4.78, 5) is 30.5. The molecule has 0 unspecified atom stereocenters.